The van der Waals surface area contributed by atoms with E-state index in [1.807, 2.05) is 24.3 Å². The third kappa shape index (κ3) is 4.03. The van der Waals surface area contributed by atoms with Crippen LogP contribution in [0.5, 0.6) is 5.75 Å². The molecule has 0 fully saturated rings. The minimum Gasteiger partial charge on any atom is -0.496 e. The third-order valence-electron chi connectivity index (χ3n) is 3.81. The summed E-state index contributed by atoms with van der Waals surface area (Å²) in [5.74, 6) is 0.286. The number of hydrogen-bond acceptors (Lipinski definition) is 3. The predicted octanol–water partition coefficient (Wildman–Crippen LogP) is 2.99. The average Bonchev–Trinajstić information content (AvgIpc) is 3.13. The lowest BCUT2D eigenvalue weighted by Gasteiger charge is -2.08. The maximum atomic E-state index is 13.0. The monoisotopic (exact) mass is 339 g/mol. The summed E-state index contributed by atoms with van der Waals surface area (Å²) in [7, 11) is 1.63. The predicted molar refractivity (Wildman–Crippen MR) is 92.6 cm³/mol. The number of methoxy groups -OCH3 is 1. The summed E-state index contributed by atoms with van der Waals surface area (Å²) in [6, 6.07) is 13.6. The number of ether oxygens (including phenoxy) is 1. The van der Waals surface area contributed by atoms with Crippen LogP contribution in [0, 0.1) is 5.82 Å². The summed E-state index contributed by atoms with van der Waals surface area (Å²) in [6.07, 6.45) is 3.77. The first-order valence-corrected chi connectivity index (χ1v) is 7.88. The molecule has 0 atom stereocenters. The molecule has 3 rings (SSSR count). The Morgan fingerprint density at radius 1 is 1.20 bits per heavy atom. The Hall–Kier alpha value is -3.15. The smallest absolute Gasteiger partial charge is 0.254 e. The van der Waals surface area contributed by atoms with E-state index in [1.165, 1.54) is 23.0 Å². The van der Waals surface area contributed by atoms with Crippen LogP contribution >= 0.6 is 0 Å². The Balaban J connectivity index is 1.59. The maximum absolute atomic E-state index is 13.0. The fourth-order valence-electron chi connectivity index (χ4n) is 2.50. The molecule has 0 saturated heterocycles. The number of halogens is 1. The number of benzene rings is 2. The molecule has 0 spiro atoms. The molecule has 2 aromatic carbocycles. The number of carbonyl (C=O) groups excluding carboxylic acids is 1. The largest absolute Gasteiger partial charge is 0.496 e. The molecule has 0 bridgehead atoms. The van der Waals surface area contributed by atoms with Gasteiger partial charge in [0.05, 0.1) is 24.6 Å². The molecule has 1 amide bonds. The van der Waals surface area contributed by atoms with Crippen LogP contribution < -0.4 is 10.1 Å². The van der Waals surface area contributed by atoms with E-state index in [0.717, 1.165) is 11.3 Å². The number of nitrogens with one attached hydrogen (secondary N) is 1. The highest BCUT2D eigenvalue weighted by Gasteiger charge is 2.10. The fourth-order valence-corrected chi connectivity index (χ4v) is 2.50. The van der Waals surface area contributed by atoms with Crippen LogP contribution in [-0.4, -0.2) is 29.3 Å². The van der Waals surface area contributed by atoms with Gasteiger partial charge >= 0.3 is 0 Å². The number of amides is 1. The van der Waals surface area contributed by atoms with Crippen LogP contribution in [0.2, 0.25) is 0 Å². The standard InChI is InChI=1S/C19H18FN3O2/c1-25-18-5-3-2-4-14(18)10-11-21-19(24)15-12-22-23(13-15)17-8-6-16(20)7-9-17/h2-9,12-13H,10-11H2,1H3,(H,21,24). The van der Waals surface area contributed by atoms with E-state index in [1.54, 1.807) is 25.4 Å². The third-order valence-corrected chi connectivity index (χ3v) is 3.81. The number of nitrogens with zero attached hydrogens (tertiary/aromatic N) is 2. The van der Waals surface area contributed by atoms with Gasteiger partial charge in [-0.1, -0.05) is 18.2 Å². The Labute approximate surface area is 145 Å². The zero-order valence-corrected chi connectivity index (χ0v) is 13.8. The number of hydrogen-bond donors (Lipinski definition) is 1. The topological polar surface area (TPSA) is 56.1 Å². The Morgan fingerprint density at radius 2 is 1.96 bits per heavy atom. The second kappa shape index (κ2) is 7.61. The van der Waals surface area contributed by atoms with Crippen LogP contribution in [0.25, 0.3) is 5.69 Å². The Kier molecular flexibility index (Phi) is 5.09. The number of para-hydroxylation sites is 1. The quantitative estimate of drug-likeness (QED) is 0.751. The summed E-state index contributed by atoms with van der Waals surface area (Å²) in [6.45, 7) is 0.487. The molecule has 1 heterocycles. The first-order chi connectivity index (χ1) is 12.2. The first kappa shape index (κ1) is 16.7. The molecular weight excluding hydrogens is 321 g/mol. The van der Waals surface area contributed by atoms with Gasteiger partial charge in [0.2, 0.25) is 0 Å². The Bertz CT molecular complexity index is 859. The van der Waals surface area contributed by atoms with Crippen molar-refractivity contribution in [1.82, 2.24) is 15.1 Å². The molecule has 1 N–H and O–H groups in total. The van der Waals surface area contributed by atoms with Crippen molar-refractivity contribution in [2.24, 2.45) is 0 Å². The van der Waals surface area contributed by atoms with Gasteiger partial charge in [-0.15, -0.1) is 0 Å². The molecule has 128 valence electrons. The van der Waals surface area contributed by atoms with Crippen molar-refractivity contribution >= 4 is 5.91 Å². The van der Waals surface area contributed by atoms with Crippen molar-refractivity contribution in [3.63, 3.8) is 0 Å². The van der Waals surface area contributed by atoms with Gasteiger partial charge in [-0.2, -0.15) is 5.10 Å². The minimum atomic E-state index is -0.315. The molecule has 0 unspecified atom stereocenters. The van der Waals surface area contributed by atoms with Crippen molar-refractivity contribution in [1.29, 1.82) is 0 Å². The average molecular weight is 339 g/mol. The lowest BCUT2D eigenvalue weighted by atomic mass is 10.1. The molecule has 6 heteroatoms. The van der Waals surface area contributed by atoms with E-state index < -0.39 is 0 Å². The van der Waals surface area contributed by atoms with E-state index in [2.05, 4.69) is 10.4 Å². The normalized spacial score (nSPS) is 10.5. The maximum Gasteiger partial charge on any atom is 0.254 e. The molecular formula is C19H18FN3O2. The lowest BCUT2D eigenvalue weighted by Crippen LogP contribution is -2.25. The van der Waals surface area contributed by atoms with Gasteiger partial charge < -0.3 is 10.1 Å². The summed E-state index contributed by atoms with van der Waals surface area (Å²) in [5, 5.41) is 7.01. The minimum absolute atomic E-state index is 0.205. The van der Waals surface area contributed by atoms with Crippen LogP contribution in [0.3, 0.4) is 0 Å². The molecule has 5 nitrogen and oxygen atoms in total. The van der Waals surface area contributed by atoms with E-state index in [-0.39, 0.29) is 11.7 Å². The molecule has 3 aromatic rings. The van der Waals surface area contributed by atoms with Crippen molar-refractivity contribution in [2.75, 3.05) is 13.7 Å². The summed E-state index contributed by atoms with van der Waals surface area (Å²) in [4.78, 5) is 12.2. The summed E-state index contributed by atoms with van der Waals surface area (Å²) < 4.78 is 19.8. The van der Waals surface area contributed by atoms with Gasteiger partial charge in [-0.25, -0.2) is 9.07 Å². The number of aromatic nitrogens is 2. The van der Waals surface area contributed by atoms with Gasteiger partial charge in [-0.05, 0) is 42.3 Å². The highest BCUT2D eigenvalue weighted by Crippen LogP contribution is 2.17. The SMILES string of the molecule is COc1ccccc1CCNC(=O)c1cnn(-c2ccc(F)cc2)c1. The number of carbonyl (C=O) groups is 1. The van der Waals surface area contributed by atoms with Crippen LogP contribution in [0.1, 0.15) is 15.9 Å². The summed E-state index contributed by atoms with van der Waals surface area (Å²) >= 11 is 0. The Morgan fingerprint density at radius 3 is 2.72 bits per heavy atom. The van der Waals surface area contributed by atoms with Crippen LogP contribution in [-0.2, 0) is 6.42 Å². The molecule has 1 aromatic heterocycles. The van der Waals surface area contributed by atoms with Crippen molar-refractivity contribution in [3.05, 3.63) is 77.9 Å². The molecule has 0 aliphatic heterocycles. The van der Waals surface area contributed by atoms with Crippen molar-refractivity contribution < 1.29 is 13.9 Å². The van der Waals surface area contributed by atoms with Crippen molar-refractivity contribution in [3.8, 4) is 11.4 Å². The molecule has 0 radical (unpaired) electrons. The van der Waals surface area contributed by atoms with Crippen molar-refractivity contribution in [2.45, 2.75) is 6.42 Å². The van der Waals surface area contributed by atoms with E-state index in [4.69, 9.17) is 4.74 Å². The lowest BCUT2D eigenvalue weighted by molar-refractivity contribution is 0.0954. The van der Waals surface area contributed by atoms with E-state index in [9.17, 15) is 9.18 Å². The zero-order chi connectivity index (χ0) is 17.6. The van der Waals surface area contributed by atoms with Gasteiger partial charge in [0.25, 0.3) is 5.91 Å². The van der Waals surface area contributed by atoms with Crippen LogP contribution in [0.15, 0.2) is 60.9 Å². The molecule has 0 saturated carbocycles. The second-order valence-corrected chi connectivity index (χ2v) is 5.47. The highest BCUT2D eigenvalue weighted by atomic mass is 19.1. The van der Waals surface area contributed by atoms with Gasteiger partial charge in [0, 0.05) is 12.7 Å². The second-order valence-electron chi connectivity index (χ2n) is 5.47. The van der Waals surface area contributed by atoms with E-state index in [0.29, 0.717) is 24.2 Å². The first-order valence-electron chi connectivity index (χ1n) is 7.88. The van der Waals surface area contributed by atoms with Gasteiger partial charge in [0.1, 0.15) is 11.6 Å². The van der Waals surface area contributed by atoms with Gasteiger partial charge in [-0.3, -0.25) is 4.79 Å². The zero-order valence-electron chi connectivity index (χ0n) is 13.8. The van der Waals surface area contributed by atoms with Gasteiger partial charge in [0.15, 0.2) is 0 Å². The van der Waals surface area contributed by atoms with E-state index >= 15 is 0 Å². The molecule has 0 aliphatic rings. The highest BCUT2D eigenvalue weighted by molar-refractivity contribution is 5.93. The van der Waals surface area contributed by atoms with Crippen LogP contribution in [0.4, 0.5) is 4.39 Å². The molecule has 0 aliphatic carbocycles. The summed E-state index contributed by atoms with van der Waals surface area (Å²) in [5.41, 5.74) is 2.17. The molecule has 25 heavy (non-hydrogen) atoms. The fraction of sp³-hybridized carbons (Fsp3) is 0.158. The number of rotatable bonds is 6.